The minimum atomic E-state index is -3.05. The Labute approximate surface area is 107 Å². The van der Waals surface area contributed by atoms with Crippen molar-refractivity contribution in [2.45, 2.75) is 0 Å². The summed E-state index contributed by atoms with van der Waals surface area (Å²) in [5.74, 6) is -0.397. The van der Waals surface area contributed by atoms with Gasteiger partial charge < -0.3 is 11.1 Å². The average Bonchev–Trinajstić information content (AvgIpc) is 2.25. The largest absolute Gasteiger partial charge is 0.399 e. The highest BCUT2D eigenvalue weighted by molar-refractivity contribution is 7.90. The van der Waals surface area contributed by atoms with Crippen molar-refractivity contribution in [3.63, 3.8) is 0 Å². The van der Waals surface area contributed by atoms with Gasteiger partial charge in [0.2, 0.25) is 5.91 Å². The van der Waals surface area contributed by atoms with E-state index in [1.165, 1.54) is 6.08 Å². The molecular weight excluding hydrogens is 252 g/mol. The van der Waals surface area contributed by atoms with Crippen molar-refractivity contribution < 1.29 is 13.2 Å². The second kappa shape index (κ2) is 6.20. The van der Waals surface area contributed by atoms with Gasteiger partial charge in [0, 0.05) is 24.6 Å². The quantitative estimate of drug-likeness (QED) is 0.599. The van der Waals surface area contributed by atoms with Crippen LogP contribution in [0.1, 0.15) is 5.56 Å². The van der Waals surface area contributed by atoms with Crippen molar-refractivity contribution in [3.05, 3.63) is 35.9 Å². The topological polar surface area (TPSA) is 89.3 Å². The fourth-order valence-corrected chi connectivity index (χ4v) is 1.73. The number of nitrogens with one attached hydrogen (secondary N) is 1. The Hall–Kier alpha value is -1.82. The van der Waals surface area contributed by atoms with Gasteiger partial charge in [0.25, 0.3) is 0 Å². The third kappa shape index (κ3) is 6.05. The number of carbonyl (C=O) groups excluding carboxylic acids is 1. The standard InChI is InChI=1S/C12H16N2O3S/c1-18(16,17)8-7-14-12(15)6-5-10-3-2-4-11(13)9-10/h2-6,9H,7-8,13H2,1H3,(H,14,15)/b6-5+. The molecule has 6 heteroatoms. The van der Waals surface area contributed by atoms with Gasteiger partial charge in [-0.2, -0.15) is 0 Å². The highest BCUT2D eigenvalue weighted by atomic mass is 32.2. The number of benzene rings is 1. The lowest BCUT2D eigenvalue weighted by Gasteiger charge is -2.00. The number of carbonyl (C=O) groups is 1. The lowest BCUT2D eigenvalue weighted by atomic mass is 10.2. The Morgan fingerprint density at radius 3 is 2.78 bits per heavy atom. The lowest BCUT2D eigenvalue weighted by Crippen LogP contribution is -2.27. The molecule has 3 N–H and O–H groups in total. The van der Waals surface area contributed by atoms with Gasteiger partial charge in [-0.05, 0) is 23.8 Å². The number of anilines is 1. The molecule has 0 saturated carbocycles. The maximum Gasteiger partial charge on any atom is 0.244 e. The zero-order valence-electron chi connectivity index (χ0n) is 10.1. The van der Waals surface area contributed by atoms with E-state index in [4.69, 9.17) is 5.73 Å². The maximum atomic E-state index is 11.4. The van der Waals surface area contributed by atoms with Crippen LogP contribution < -0.4 is 11.1 Å². The summed E-state index contributed by atoms with van der Waals surface area (Å²) < 4.78 is 21.7. The summed E-state index contributed by atoms with van der Waals surface area (Å²) in [5.41, 5.74) is 7.03. The molecule has 0 aromatic heterocycles. The number of sulfone groups is 1. The first-order valence-electron chi connectivity index (χ1n) is 5.36. The summed E-state index contributed by atoms with van der Waals surface area (Å²) in [4.78, 5) is 11.4. The van der Waals surface area contributed by atoms with Gasteiger partial charge in [0.1, 0.15) is 9.84 Å². The molecular formula is C12H16N2O3S. The van der Waals surface area contributed by atoms with Crippen LogP contribution in [-0.4, -0.2) is 32.9 Å². The summed E-state index contributed by atoms with van der Waals surface area (Å²) in [6, 6.07) is 7.09. The van der Waals surface area contributed by atoms with Gasteiger partial charge in [-0.3, -0.25) is 4.79 Å². The highest BCUT2D eigenvalue weighted by Crippen LogP contribution is 2.07. The van der Waals surface area contributed by atoms with Crippen LogP contribution >= 0.6 is 0 Å². The van der Waals surface area contributed by atoms with Crippen molar-refractivity contribution in [1.29, 1.82) is 0 Å². The van der Waals surface area contributed by atoms with Crippen molar-refractivity contribution in [3.8, 4) is 0 Å². The van der Waals surface area contributed by atoms with Crippen LogP contribution in [0.4, 0.5) is 5.69 Å². The molecule has 0 aliphatic rings. The predicted molar refractivity (Wildman–Crippen MR) is 72.6 cm³/mol. The summed E-state index contributed by atoms with van der Waals surface area (Å²) in [5, 5.41) is 2.49. The number of amides is 1. The number of hydrogen-bond acceptors (Lipinski definition) is 4. The van der Waals surface area contributed by atoms with Crippen LogP contribution in [0.2, 0.25) is 0 Å². The zero-order valence-corrected chi connectivity index (χ0v) is 10.9. The third-order valence-corrected chi connectivity index (χ3v) is 3.06. The van der Waals surface area contributed by atoms with Crippen molar-refractivity contribution in [2.75, 3.05) is 24.3 Å². The Kier molecular flexibility index (Phi) is 4.91. The molecule has 0 spiro atoms. The van der Waals surface area contributed by atoms with Gasteiger partial charge in [-0.25, -0.2) is 8.42 Å². The summed E-state index contributed by atoms with van der Waals surface area (Å²) >= 11 is 0. The maximum absolute atomic E-state index is 11.4. The second-order valence-corrected chi connectivity index (χ2v) is 6.18. The van der Waals surface area contributed by atoms with Crippen LogP contribution in [0.15, 0.2) is 30.3 Å². The van der Waals surface area contributed by atoms with Gasteiger partial charge in [0.05, 0.1) is 5.75 Å². The molecule has 0 saturated heterocycles. The fraction of sp³-hybridized carbons (Fsp3) is 0.250. The van der Waals surface area contributed by atoms with Crippen LogP contribution in [0, 0.1) is 0 Å². The first-order chi connectivity index (χ1) is 8.37. The van der Waals surface area contributed by atoms with Gasteiger partial charge >= 0.3 is 0 Å². The SMILES string of the molecule is CS(=O)(=O)CCNC(=O)/C=C/c1cccc(N)c1. The van der Waals surface area contributed by atoms with Crippen molar-refractivity contribution >= 4 is 27.5 Å². The first-order valence-corrected chi connectivity index (χ1v) is 7.42. The highest BCUT2D eigenvalue weighted by Gasteiger charge is 2.02. The molecule has 0 atom stereocenters. The minimum Gasteiger partial charge on any atom is -0.399 e. The van der Waals surface area contributed by atoms with E-state index in [1.54, 1.807) is 24.3 Å². The Bertz CT molecular complexity index is 550. The summed E-state index contributed by atoms with van der Waals surface area (Å²) in [7, 11) is -3.05. The molecule has 0 fully saturated rings. The van der Waals surface area contributed by atoms with Gasteiger partial charge in [-0.15, -0.1) is 0 Å². The van der Waals surface area contributed by atoms with E-state index in [1.807, 2.05) is 6.07 Å². The van der Waals surface area contributed by atoms with E-state index in [9.17, 15) is 13.2 Å². The monoisotopic (exact) mass is 268 g/mol. The molecule has 0 heterocycles. The van der Waals surface area contributed by atoms with Gasteiger partial charge in [-0.1, -0.05) is 12.1 Å². The summed E-state index contributed by atoms with van der Waals surface area (Å²) in [6.07, 6.45) is 4.09. The minimum absolute atomic E-state index is 0.0646. The van der Waals surface area contributed by atoms with E-state index in [0.717, 1.165) is 11.8 Å². The zero-order chi connectivity index (χ0) is 13.6. The number of nitrogens with two attached hydrogens (primary N) is 1. The normalized spacial score (nSPS) is 11.6. The molecule has 0 radical (unpaired) electrons. The van der Waals surface area contributed by atoms with Crippen molar-refractivity contribution in [2.24, 2.45) is 0 Å². The molecule has 0 aliphatic heterocycles. The Morgan fingerprint density at radius 2 is 2.17 bits per heavy atom. The van der Waals surface area contributed by atoms with E-state index in [0.29, 0.717) is 5.69 Å². The molecule has 18 heavy (non-hydrogen) atoms. The third-order valence-electron chi connectivity index (χ3n) is 2.11. The molecule has 1 aromatic rings. The van der Waals surface area contributed by atoms with E-state index >= 15 is 0 Å². The number of rotatable bonds is 5. The van der Waals surface area contributed by atoms with Crippen LogP contribution in [0.3, 0.4) is 0 Å². The first kappa shape index (κ1) is 14.2. The summed E-state index contributed by atoms with van der Waals surface area (Å²) in [6.45, 7) is 0.110. The lowest BCUT2D eigenvalue weighted by molar-refractivity contribution is -0.116. The second-order valence-electron chi connectivity index (χ2n) is 3.92. The van der Waals surface area contributed by atoms with Crippen molar-refractivity contribution in [1.82, 2.24) is 5.32 Å². The molecule has 0 aliphatic carbocycles. The van der Waals surface area contributed by atoms with Gasteiger partial charge in [0.15, 0.2) is 0 Å². The molecule has 1 rings (SSSR count). The number of nitrogen functional groups attached to an aromatic ring is 1. The smallest absolute Gasteiger partial charge is 0.244 e. The molecule has 98 valence electrons. The van der Waals surface area contributed by atoms with Crippen LogP contribution in [0.25, 0.3) is 6.08 Å². The molecule has 1 aromatic carbocycles. The fourth-order valence-electron chi connectivity index (χ4n) is 1.25. The van der Waals surface area contributed by atoms with E-state index in [-0.39, 0.29) is 18.2 Å². The molecule has 5 nitrogen and oxygen atoms in total. The molecule has 0 unspecified atom stereocenters. The predicted octanol–water partition coefficient (Wildman–Crippen LogP) is 0.443. The average molecular weight is 268 g/mol. The van der Waals surface area contributed by atoms with Crippen LogP contribution in [-0.2, 0) is 14.6 Å². The van der Waals surface area contributed by atoms with Crippen LogP contribution in [0.5, 0.6) is 0 Å². The van der Waals surface area contributed by atoms with E-state index in [2.05, 4.69) is 5.32 Å². The molecule has 1 amide bonds. The molecule has 0 bridgehead atoms. The van der Waals surface area contributed by atoms with E-state index < -0.39 is 9.84 Å². The Morgan fingerprint density at radius 1 is 1.44 bits per heavy atom. The Balaban J connectivity index is 2.45. The number of hydrogen-bond donors (Lipinski definition) is 2.